The number of alkyl halides is 37. The van der Waals surface area contributed by atoms with Gasteiger partial charge in [-0.2, -0.15) is 162 Å². The predicted molar refractivity (Wildman–Crippen MR) is 100 cm³/mol. The molecule has 1 radical (unpaired) electrons. The molecule has 0 atom stereocenters. The van der Waals surface area contributed by atoms with Crippen molar-refractivity contribution in [2.45, 2.75) is 113 Å². The first-order valence-electron chi connectivity index (χ1n) is 12.1. The molecular formula is C20H4F37. The summed E-state index contributed by atoms with van der Waals surface area (Å²) in [6.45, 7) is 1.60. The van der Waals surface area contributed by atoms with Gasteiger partial charge in [0.1, 0.15) is 0 Å². The lowest BCUT2D eigenvalue weighted by molar-refractivity contribution is -0.493. The van der Waals surface area contributed by atoms with Crippen LogP contribution in [0.5, 0.6) is 0 Å². The Balaban J connectivity index is 7.86. The number of hydrogen-bond acceptors (Lipinski definition) is 0. The summed E-state index contributed by atoms with van der Waals surface area (Å²) < 4.78 is 498. The molecule has 0 heterocycles. The van der Waals surface area contributed by atoms with Crippen molar-refractivity contribution in [2.24, 2.45) is 0 Å². The van der Waals surface area contributed by atoms with Crippen LogP contribution < -0.4 is 0 Å². The SMILES string of the molecule is [CH2]CC(F)(F)C(F)(F)C(F)(F)C(F)(F)C(F)(F)C(F)(F)C(F)(F)C(F)(F)C(F)(F)C(F)(F)C(F)(F)C(F)(F)C(F)(F)C(F)(F)C(F)(F)C(F)(F)C(F)(F)C(F)(F)F. The third-order valence-electron chi connectivity index (χ3n) is 7.04. The summed E-state index contributed by atoms with van der Waals surface area (Å²) in [5.74, 6) is -165. The minimum Gasteiger partial charge on any atom is -0.200 e. The third kappa shape index (κ3) is 6.00. The van der Waals surface area contributed by atoms with E-state index in [1.807, 2.05) is 0 Å². The second-order valence-corrected chi connectivity index (χ2v) is 10.6. The van der Waals surface area contributed by atoms with Crippen molar-refractivity contribution in [1.29, 1.82) is 0 Å². The summed E-state index contributed by atoms with van der Waals surface area (Å²) in [5.41, 5.74) is 0. The van der Waals surface area contributed by atoms with Crippen molar-refractivity contribution in [3.63, 3.8) is 0 Å². The van der Waals surface area contributed by atoms with E-state index in [-0.39, 0.29) is 0 Å². The summed E-state index contributed by atoms with van der Waals surface area (Å²) in [7, 11) is 0. The van der Waals surface area contributed by atoms with Gasteiger partial charge in [-0.15, -0.1) is 0 Å². The quantitative estimate of drug-likeness (QED) is 0.128. The molecule has 0 rings (SSSR count). The summed E-state index contributed by atoms with van der Waals surface area (Å²) >= 11 is 0. The molecule has 0 spiro atoms. The fourth-order valence-electron chi connectivity index (χ4n) is 3.33. The van der Waals surface area contributed by atoms with Gasteiger partial charge in [0, 0.05) is 6.42 Å². The molecule has 0 aromatic carbocycles. The molecule has 0 aliphatic carbocycles. The molecule has 0 nitrogen and oxygen atoms in total. The number of rotatable bonds is 17. The molecule has 0 aromatic heterocycles. The summed E-state index contributed by atoms with van der Waals surface area (Å²) in [5, 5.41) is 0. The normalized spacial score (nSPS) is 17.4. The number of halogens is 37. The summed E-state index contributed by atoms with van der Waals surface area (Å²) in [6, 6.07) is 0. The zero-order valence-corrected chi connectivity index (χ0v) is 24.4. The first-order chi connectivity index (χ1) is 23.8. The Morgan fingerprint density at radius 2 is 0.281 bits per heavy atom. The van der Waals surface area contributed by atoms with Gasteiger partial charge < -0.3 is 0 Å². The zero-order chi connectivity index (χ0) is 47.7. The smallest absolute Gasteiger partial charge is 0.200 e. The van der Waals surface area contributed by atoms with Crippen LogP contribution in [0.15, 0.2) is 0 Å². The molecule has 0 aliphatic rings. The minimum absolute atomic E-state index is 1.60. The van der Waals surface area contributed by atoms with E-state index in [1.54, 1.807) is 6.92 Å². The molecule has 0 amide bonds. The van der Waals surface area contributed by atoms with Crippen LogP contribution in [0.1, 0.15) is 6.42 Å². The highest BCUT2D eigenvalue weighted by Gasteiger charge is 3.02. The van der Waals surface area contributed by atoms with Crippen LogP contribution in [0.2, 0.25) is 0 Å². The molecule has 0 saturated carbocycles. The Bertz CT molecular complexity index is 1450. The van der Waals surface area contributed by atoms with E-state index in [0.717, 1.165) is 0 Å². The fraction of sp³-hybridized carbons (Fsp3) is 0.950. The highest BCUT2D eigenvalue weighted by atomic mass is 19.4. The van der Waals surface area contributed by atoms with Crippen molar-refractivity contribution in [3.8, 4) is 0 Å². The molecule has 0 aromatic rings. The molecule has 0 saturated heterocycles. The van der Waals surface area contributed by atoms with Gasteiger partial charge in [-0.3, -0.25) is 0 Å². The van der Waals surface area contributed by atoms with Crippen molar-refractivity contribution in [2.75, 3.05) is 0 Å². The van der Waals surface area contributed by atoms with Crippen molar-refractivity contribution >= 4 is 0 Å². The van der Waals surface area contributed by atoms with E-state index in [9.17, 15) is 162 Å². The van der Waals surface area contributed by atoms with Crippen LogP contribution >= 0.6 is 0 Å². The highest BCUT2D eigenvalue weighted by Crippen LogP contribution is 2.70. The van der Waals surface area contributed by atoms with Gasteiger partial charge in [0.15, 0.2) is 0 Å². The highest BCUT2D eigenvalue weighted by molar-refractivity contribution is 5.23. The van der Waals surface area contributed by atoms with E-state index in [4.69, 9.17) is 0 Å². The molecule has 0 N–H and O–H groups in total. The first kappa shape index (κ1) is 54.4. The predicted octanol–water partition coefficient (Wildman–Crippen LogP) is 12.6. The van der Waals surface area contributed by atoms with Crippen LogP contribution in [-0.2, 0) is 0 Å². The molecule has 0 fully saturated rings. The second-order valence-electron chi connectivity index (χ2n) is 10.6. The van der Waals surface area contributed by atoms with Gasteiger partial charge in [-0.05, 0) is 6.92 Å². The maximum atomic E-state index is 13.9. The third-order valence-corrected chi connectivity index (χ3v) is 7.04. The summed E-state index contributed by atoms with van der Waals surface area (Å²) in [4.78, 5) is 0. The van der Waals surface area contributed by atoms with E-state index in [1.165, 1.54) is 0 Å². The molecule has 57 heavy (non-hydrogen) atoms. The van der Waals surface area contributed by atoms with Crippen molar-refractivity contribution in [1.82, 2.24) is 0 Å². The lowest BCUT2D eigenvalue weighted by Crippen LogP contribution is -2.80. The average molecular weight is 947 g/mol. The average Bonchev–Trinajstić information content (AvgIpc) is 2.98. The van der Waals surface area contributed by atoms with Crippen molar-refractivity contribution in [3.05, 3.63) is 6.92 Å². The zero-order valence-electron chi connectivity index (χ0n) is 24.4. The van der Waals surface area contributed by atoms with Gasteiger partial charge in [-0.25, -0.2) is 0 Å². The number of hydrogen-bond donors (Lipinski definition) is 0. The maximum absolute atomic E-state index is 13.9. The van der Waals surface area contributed by atoms with E-state index in [0.29, 0.717) is 0 Å². The maximum Gasteiger partial charge on any atom is 0.460 e. The van der Waals surface area contributed by atoms with Crippen LogP contribution in [-0.4, -0.2) is 107 Å². The van der Waals surface area contributed by atoms with Gasteiger partial charge in [0.05, 0.1) is 0 Å². The van der Waals surface area contributed by atoms with Gasteiger partial charge >= 0.3 is 107 Å². The fourth-order valence-corrected chi connectivity index (χ4v) is 3.33. The monoisotopic (exact) mass is 947 g/mol. The Morgan fingerprint density at radius 1 is 0.175 bits per heavy atom. The lowest BCUT2D eigenvalue weighted by Gasteiger charge is -2.47. The minimum atomic E-state index is -10.4. The van der Waals surface area contributed by atoms with Crippen LogP contribution in [0.3, 0.4) is 0 Å². The van der Waals surface area contributed by atoms with Gasteiger partial charge in [0.2, 0.25) is 0 Å². The molecule has 343 valence electrons. The van der Waals surface area contributed by atoms with Crippen LogP contribution in [0.25, 0.3) is 0 Å². The molecule has 37 heteroatoms. The Morgan fingerprint density at radius 3 is 0.386 bits per heavy atom. The van der Waals surface area contributed by atoms with Crippen LogP contribution in [0.4, 0.5) is 162 Å². The van der Waals surface area contributed by atoms with Crippen molar-refractivity contribution < 1.29 is 162 Å². The van der Waals surface area contributed by atoms with E-state index in [2.05, 4.69) is 0 Å². The van der Waals surface area contributed by atoms with Gasteiger partial charge in [-0.1, -0.05) is 0 Å². The molecule has 0 aliphatic heterocycles. The standard InChI is InChI=1S/C20H4F37/c1-2-3(21,22)4(23,24)5(25,26)6(27,28)7(29,30)8(31,32)9(33,34)10(35,36)11(37,38)12(39,40)13(41,42)14(43,44)15(45,46)16(47,48)17(49,50)18(51,52)19(53,54)20(55,56)57/h1-2H2. The van der Waals surface area contributed by atoms with E-state index < -0.39 is 113 Å². The van der Waals surface area contributed by atoms with Gasteiger partial charge in [0.25, 0.3) is 0 Å². The Labute approximate surface area is 284 Å². The Hall–Kier alpha value is -2.59. The molecule has 0 unspecified atom stereocenters. The second kappa shape index (κ2) is 13.0. The largest absolute Gasteiger partial charge is 0.460 e. The molecular weight excluding hydrogens is 943 g/mol. The summed E-state index contributed by atoms with van der Waals surface area (Å²) in [6.07, 6.45) is -11.7. The Kier molecular flexibility index (Phi) is 12.4. The lowest BCUT2D eigenvalue weighted by atomic mass is 9.82. The first-order valence-corrected chi connectivity index (χ1v) is 12.1. The molecule has 0 bridgehead atoms. The van der Waals surface area contributed by atoms with E-state index >= 15 is 0 Å². The topological polar surface area (TPSA) is 0 Å². The van der Waals surface area contributed by atoms with Crippen LogP contribution in [0, 0.1) is 6.92 Å².